The Morgan fingerprint density at radius 1 is 0.909 bits per heavy atom. The molecule has 3 heteroatoms. The average molecular weight is 289 g/mol. The molecule has 0 saturated heterocycles. The minimum atomic E-state index is 0.370. The fourth-order valence-corrected chi connectivity index (χ4v) is 3.41. The van der Waals surface area contributed by atoms with Crippen molar-refractivity contribution in [1.82, 2.24) is 0 Å². The molecule has 1 unspecified atom stereocenters. The lowest BCUT2D eigenvalue weighted by Crippen LogP contribution is -2.21. The van der Waals surface area contributed by atoms with Crippen LogP contribution in [0, 0.1) is 0 Å². The highest BCUT2D eigenvalue weighted by molar-refractivity contribution is 6.05. The second-order valence-corrected chi connectivity index (χ2v) is 6.07. The molecular weight excluding hydrogens is 270 g/mol. The first kappa shape index (κ1) is 13.3. The molecule has 4 rings (SSSR count). The molecule has 0 radical (unpaired) electrons. The Kier molecular flexibility index (Phi) is 3.07. The molecule has 0 saturated carbocycles. The van der Waals surface area contributed by atoms with Crippen LogP contribution in [0.2, 0.25) is 0 Å². The Morgan fingerprint density at radius 3 is 2.41 bits per heavy atom. The average Bonchev–Trinajstić information content (AvgIpc) is 3.04. The lowest BCUT2D eigenvalue weighted by Gasteiger charge is -2.12. The molecule has 1 aliphatic carbocycles. The number of nitrogens with zero attached hydrogens (tertiary/aromatic N) is 3. The summed E-state index contributed by atoms with van der Waals surface area (Å²) in [6.45, 7) is 2.22. The molecule has 1 aliphatic heterocycles. The van der Waals surface area contributed by atoms with E-state index >= 15 is 0 Å². The Hall–Kier alpha value is -2.42. The molecule has 0 bridgehead atoms. The summed E-state index contributed by atoms with van der Waals surface area (Å²) in [6, 6.07) is 17.0. The monoisotopic (exact) mass is 289 g/mol. The number of anilines is 1. The van der Waals surface area contributed by atoms with E-state index in [1.807, 2.05) is 0 Å². The van der Waals surface area contributed by atoms with E-state index in [0.29, 0.717) is 5.92 Å². The molecule has 2 aromatic rings. The fraction of sp³-hybridized carbons (Fsp3) is 0.263. The molecule has 0 fully saturated rings. The highest BCUT2D eigenvalue weighted by Gasteiger charge is 2.25. The minimum absolute atomic E-state index is 0.370. The molecule has 3 nitrogen and oxygen atoms in total. The molecular formula is C19H19N3. The number of hydrogen-bond donors (Lipinski definition) is 0. The van der Waals surface area contributed by atoms with Gasteiger partial charge in [-0.25, -0.2) is 0 Å². The summed E-state index contributed by atoms with van der Waals surface area (Å²) >= 11 is 0. The molecule has 2 aliphatic rings. The van der Waals surface area contributed by atoms with Gasteiger partial charge in [-0.1, -0.05) is 49.4 Å². The van der Waals surface area contributed by atoms with Gasteiger partial charge in [-0.15, -0.1) is 5.10 Å². The van der Waals surface area contributed by atoms with Crippen LogP contribution in [0.3, 0.4) is 0 Å². The number of para-hydroxylation sites is 1. The van der Waals surface area contributed by atoms with Crippen LogP contribution in [0.5, 0.6) is 0 Å². The second kappa shape index (κ2) is 5.09. The van der Waals surface area contributed by atoms with E-state index in [0.717, 1.165) is 24.4 Å². The quantitative estimate of drug-likeness (QED) is 0.734. The summed E-state index contributed by atoms with van der Waals surface area (Å²) in [5, 5.41) is 9.16. The van der Waals surface area contributed by atoms with Gasteiger partial charge in [0, 0.05) is 31.5 Å². The Morgan fingerprint density at radius 2 is 1.64 bits per heavy atom. The van der Waals surface area contributed by atoms with Gasteiger partial charge in [-0.2, -0.15) is 5.10 Å². The van der Waals surface area contributed by atoms with Gasteiger partial charge in [-0.05, 0) is 22.8 Å². The van der Waals surface area contributed by atoms with Crippen LogP contribution in [0.1, 0.15) is 29.5 Å². The maximum absolute atomic E-state index is 4.60. The van der Waals surface area contributed by atoms with Crippen molar-refractivity contribution >= 4 is 17.2 Å². The molecule has 22 heavy (non-hydrogen) atoms. The largest absolute Gasteiger partial charge is 0.331 e. The van der Waals surface area contributed by atoms with Gasteiger partial charge < -0.3 is 4.90 Å². The Bertz CT molecular complexity index is 721. The third-order valence-corrected chi connectivity index (χ3v) is 4.78. The van der Waals surface area contributed by atoms with Crippen molar-refractivity contribution in [2.75, 3.05) is 11.9 Å². The first-order valence-electron chi connectivity index (χ1n) is 7.77. The Balaban J connectivity index is 1.61. The number of benzene rings is 2. The topological polar surface area (TPSA) is 28.0 Å². The van der Waals surface area contributed by atoms with Crippen LogP contribution in [-0.4, -0.2) is 18.6 Å². The zero-order chi connectivity index (χ0) is 15.1. The van der Waals surface area contributed by atoms with Crippen LogP contribution >= 0.6 is 0 Å². The van der Waals surface area contributed by atoms with Gasteiger partial charge in [0.25, 0.3) is 0 Å². The van der Waals surface area contributed by atoms with Crippen LogP contribution in [-0.2, 0) is 12.8 Å². The van der Waals surface area contributed by atoms with E-state index in [4.69, 9.17) is 0 Å². The van der Waals surface area contributed by atoms with E-state index < -0.39 is 0 Å². The second-order valence-electron chi connectivity index (χ2n) is 6.07. The summed E-state index contributed by atoms with van der Waals surface area (Å²) in [5.41, 5.74) is 6.51. The van der Waals surface area contributed by atoms with Crippen molar-refractivity contribution in [3.63, 3.8) is 0 Å². The molecule has 110 valence electrons. The fourth-order valence-electron chi connectivity index (χ4n) is 3.41. The van der Waals surface area contributed by atoms with Gasteiger partial charge in [0.2, 0.25) is 0 Å². The normalized spacial score (nSPS) is 23.2. The number of hydrogen-bond acceptors (Lipinski definition) is 2. The molecule has 0 amide bonds. The highest BCUT2D eigenvalue weighted by atomic mass is 15.3. The van der Waals surface area contributed by atoms with E-state index in [2.05, 4.69) is 77.6 Å². The maximum atomic E-state index is 4.60. The van der Waals surface area contributed by atoms with Crippen molar-refractivity contribution < 1.29 is 0 Å². The third-order valence-electron chi connectivity index (χ3n) is 4.78. The zero-order valence-corrected chi connectivity index (χ0v) is 13.0. The van der Waals surface area contributed by atoms with Gasteiger partial charge in [0.1, 0.15) is 5.84 Å². The van der Waals surface area contributed by atoms with E-state index in [1.54, 1.807) is 0 Å². The summed E-state index contributed by atoms with van der Waals surface area (Å²) < 4.78 is 0. The summed E-state index contributed by atoms with van der Waals surface area (Å²) in [4.78, 5) is 2.14. The molecule has 0 aromatic heterocycles. The van der Waals surface area contributed by atoms with Crippen molar-refractivity contribution in [1.29, 1.82) is 0 Å². The van der Waals surface area contributed by atoms with Gasteiger partial charge in [-0.3, -0.25) is 0 Å². The van der Waals surface area contributed by atoms with Crippen molar-refractivity contribution in [2.24, 2.45) is 10.2 Å². The summed E-state index contributed by atoms with van der Waals surface area (Å²) in [5.74, 6) is 1.39. The molecule has 0 spiro atoms. The standard InChI is InChI=1S/C19H19N3/c1-13-16-9-5-3-7-14(16)11-17(13)20-21-19-12-15-8-4-6-10-18(15)22(19)2/h3-10,13H,11-12H2,1-2H3/b20-17+,21-19-. The number of likely N-dealkylation sites (N-methyl/N-ethyl adjacent to an activating group) is 1. The lowest BCUT2D eigenvalue weighted by molar-refractivity contribution is 1.02. The third kappa shape index (κ3) is 2.05. The van der Waals surface area contributed by atoms with Gasteiger partial charge in [0.15, 0.2) is 0 Å². The van der Waals surface area contributed by atoms with Crippen LogP contribution < -0.4 is 4.90 Å². The number of fused-ring (bicyclic) bond motifs is 2. The molecule has 0 N–H and O–H groups in total. The molecule has 2 aromatic carbocycles. The molecule has 1 heterocycles. The maximum Gasteiger partial charge on any atom is 0.136 e. The number of amidine groups is 1. The van der Waals surface area contributed by atoms with Crippen LogP contribution in [0.25, 0.3) is 0 Å². The summed E-state index contributed by atoms with van der Waals surface area (Å²) in [6.07, 6.45) is 1.79. The Labute approximate surface area is 131 Å². The smallest absolute Gasteiger partial charge is 0.136 e. The van der Waals surface area contributed by atoms with Crippen LogP contribution in [0.15, 0.2) is 58.7 Å². The van der Waals surface area contributed by atoms with Gasteiger partial charge >= 0.3 is 0 Å². The highest BCUT2D eigenvalue weighted by Crippen LogP contribution is 2.31. The lowest BCUT2D eigenvalue weighted by atomic mass is 10.0. The van der Waals surface area contributed by atoms with E-state index in [-0.39, 0.29) is 0 Å². The van der Waals surface area contributed by atoms with Crippen molar-refractivity contribution in [3.05, 3.63) is 65.2 Å². The van der Waals surface area contributed by atoms with Crippen molar-refractivity contribution in [2.45, 2.75) is 25.7 Å². The van der Waals surface area contributed by atoms with Crippen LogP contribution in [0.4, 0.5) is 5.69 Å². The first-order valence-corrected chi connectivity index (χ1v) is 7.77. The summed E-state index contributed by atoms with van der Waals surface area (Å²) in [7, 11) is 2.07. The predicted molar refractivity (Wildman–Crippen MR) is 92.0 cm³/mol. The predicted octanol–water partition coefficient (Wildman–Crippen LogP) is 3.79. The first-order chi connectivity index (χ1) is 10.7. The van der Waals surface area contributed by atoms with E-state index in [9.17, 15) is 0 Å². The molecule has 1 atom stereocenters. The van der Waals surface area contributed by atoms with Gasteiger partial charge in [0.05, 0.1) is 5.71 Å². The van der Waals surface area contributed by atoms with Crippen molar-refractivity contribution in [3.8, 4) is 0 Å². The SMILES string of the molecule is CC1/C(=N/N=C2/Cc3ccccc3N2C)Cc2ccccc21. The zero-order valence-electron chi connectivity index (χ0n) is 13.0. The number of rotatable bonds is 1. The van der Waals surface area contributed by atoms with E-state index in [1.165, 1.54) is 22.4 Å². The minimum Gasteiger partial charge on any atom is -0.331 e.